The van der Waals surface area contributed by atoms with Crippen molar-refractivity contribution in [3.63, 3.8) is 0 Å². The van der Waals surface area contributed by atoms with Crippen LogP contribution >= 0.6 is 0 Å². The summed E-state index contributed by atoms with van der Waals surface area (Å²) in [5.74, 6) is 2.85. The monoisotopic (exact) mass is 286 g/mol. The fourth-order valence-corrected chi connectivity index (χ4v) is 3.80. The zero-order valence-corrected chi connectivity index (χ0v) is 12.9. The van der Waals surface area contributed by atoms with E-state index in [1.165, 1.54) is 44.3 Å². The van der Waals surface area contributed by atoms with E-state index < -0.39 is 0 Å². The number of nitrogens with zero attached hydrogens (tertiary/aromatic N) is 1. The third kappa shape index (κ3) is 3.09. The van der Waals surface area contributed by atoms with Crippen molar-refractivity contribution in [3.8, 4) is 5.75 Å². The van der Waals surface area contributed by atoms with Crippen molar-refractivity contribution < 1.29 is 4.74 Å². The first-order valence-corrected chi connectivity index (χ1v) is 8.44. The largest absolute Gasteiger partial charge is 0.497 e. The Morgan fingerprint density at radius 3 is 2.71 bits per heavy atom. The lowest BCUT2D eigenvalue weighted by Crippen LogP contribution is -2.57. The molecule has 2 unspecified atom stereocenters. The Morgan fingerprint density at radius 1 is 1.19 bits per heavy atom. The van der Waals surface area contributed by atoms with E-state index >= 15 is 0 Å². The summed E-state index contributed by atoms with van der Waals surface area (Å²) in [6.07, 6.45) is 5.71. The van der Waals surface area contributed by atoms with Crippen molar-refractivity contribution >= 4 is 0 Å². The molecule has 1 saturated heterocycles. The highest BCUT2D eigenvalue weighted by atomic mass is 16.5. The maximum atomic E-state index is 5.37. The predicted molar refractivity (Wildman–Crippen MR) is 84.4 cm³/mol. The van der Waals surface area contributed by atoms with Crippen molar-refractivity contribution in [3.05, 3.63) is 29.8 Å². The van der Waals surface area contributed by atoms with Crippen LogP contribution in [0.5, 0.6) is 5.75 Å². The molecule has 2 saturated carbocycles. The van der Waals surface area contributed by atoms with Gasteiger partial charge in [-0.15, -0.1) is 0 Å². The Hall–Kier alpha value is -1.06. The van der Waals surface area contributed by atoms with Crippen LogP contribution < -0.4 is 10.1 Å². The van der Waals surface area contributed by atoms with Gasteiger partial charge >= 0.3 is 0 Å². The summed E-state index contributed by atoms with van der Waals surface area (Å²) >= 11 is 0. The molecule has 114 valence electrons. The third-order valence-corrected chi connectivity index (χ3v) is 5.37. The molecule has 21 heavy (non-hydrogen) atoms. The van der Waals surface area contributed by atoms with Crippen LogP contribution in [0.3, 0.4) is 0 Å². The number of rotatable bonds is 5. The number of benzene rings is 1. The second-order valence-electron chi connectivity index (χ2n) is 7.04. The zero-order valence-electron chi connectivity index (χ0n) is 12.9. The van der Waals surface area contributed by atoms with Crippen LogP contribution in [-0.4, -0.2) is 37.2 Å². The van der Waals surface area contributed by atoms with Crippen molar-refractivity contribution in [1.29, 1.82) is 0 Å². The number of ether oxygens (including phenoxy) is 1. The minimum Gasteiger partial charge on any atom is -0.497 e. The van der Waals surface area contributed by atoms with Crippen LogP contribution in [-0.2, 0) is 6.54 Å². The van der Waals surface area contributed by atoms with E-state index in [-0.39, 0.29) is 0 Å². The first-order chi connectivity index (χ1) is 10.3. The number of nitrogens with one attached hydrogen (secondary N) is 1. The second kappa shape index (κ2) is 5.62. The van der Waals surface area contributed by atoms with E-state index in [1.807, 2.05) is 6.07 Å². The topological polar surface area (TPSA) is 24.5 Å². The Labute approximate surface area is 127 Å². The minimum atomic E-state index is 0.727. The van der Waals surface area contributed by atoms with Gasteiger partial charge < -0.3 is 10.1 Å². The molecule has 3 fully saturated rings. The van der Waals surface area contributed by atoms with Crippen molar-refractivity contribution in [2.45, 2.75) is 44.3 Å². The van der Waals surface area contributed by atoms with Gasteiger partial charge in [-0.05, 0) is 55.2 Å². The van der Waals surface area contributed by atoms with Gasteiger partial charge in [0.1, 0.15) is 5.75 Å². The molecule has 1 N–H and O–H groups in total. The molecule has 0 bridgehead atoms. The lowest BCUT2D eigenvalue weighted by atomic mass is 10.0. The summed E-state index contributed by atoms with van der Waals surface area (Å²) in [5, 5.41) is 3.82. The summed E-state index contributed by atoms with van der Waals surface area (Å²) < 4.78 is 5.37. The summed E-state index contributed by atoms with van der Waals surface area (Å²) in [7, 11) is 1.75. The van der Waals surface area contributed by atoms with Gasteiger partial charge in [-0.3, -0.25) is 4.90 Å². The van der Waals surface area contributed by atoms with Gasteiger partial charge in [0.25, 0.3) is 0 Å². The number of methoxy groups -OCH3 is 1. The van der Waals surface area contributed by atoms with E-state index in [0.717, 1.165) is 36.2 Å². The third-order valence-electron chi connectivity index (χ3n) is 5.37. The molecule has 2 aliphatic carbocycles. The number of hydrogen-bond acceptors (Lipinski definition) is 3. The molecular weight excluding hydrogens is 260 g/mol. The standard InChI is InChI=1S/C18H26N2O/c1-21-16-4-2-3-13(9-16)11-20-12-17(14-5-6-14)19-10-18(20)15-7-8-15/h2-4,9,14-15,17-19H,5-8,10-12H2,1H3. The van der Waals surface area contributed by atoms with E-state index in [4.69, 9.17) is 4.74 Å². The Morgan fingerprint density at radius 2 is 2.00 bits per heavy atom. The van der Waals surface area contributed by atoms with Gasteiger partial charge in [0, 0.05) is 31.7 Å². The van der Waals surface area contributed by atoms with Gasteiger partial charge in [-0.25, -0.2) is 0 Å². The molecule has 0 aromatic heterocycles. The fourth-order valence-electron chi connectivity index (χ4n) is 3.80. The molecule has 1 aromatic rings. The van der Waals surface area contributed by atoms with Gasteiger partial charge in [-0.1, -0.05) is 12.1 Å². The van der Waals surface area contributed by atoms with E-state index in [0.29, 0.717) is 0 Å². The molecule has 4 rings (SSSR count). The van der Waals surface area contributed by atoms with Crippen LogP contribution in [0.4, 0.5) is 0 Å². The second-order valence-corrected chi connectivity index (χ2v) is 7.04. The van der Waals surface area contributed by atoms with Crippen LogP contribution in [0, 0.1) is 11.8 Å². The maximum absolute atomic E-state index is 5.37. The van der Waals surface area contributed by atoms with Crippen molar-refractivity contribution in [1.82, 2.24) is 10.2 Å². The Bertz CT molecular complexity index is 496. The molecule has 1 aromatic carbocycles. The number of piperazine rings is 1. The smallest absolute Gasteiger partial charge is 0.119 e. The van der Waals surface area contributed by atoms with E-state index in [9.17, 15) is 0 Å². The van der Waals surface area contributed by atoms with Gasteiger partial charge in [0.15, 0.2) is 0 Å². The normalized spacial score (nSPS) is 30.3. The van der Waals surface area contributed by atoms with Crippen molar-refractivity contribution in [2.24, 2.45) is 11.8 Å². The maximum Gasteiger partial charge on any atom is 0.119 e. The van der Waals surface area contributed by atoms with Gasteiger partial charge in [0.05, 0.1) is 7.11 Å². The minimum absolute atomic E-state index is 0.727. The molecule has 1 aliphatic heterocycles. The summed E-state index contributed by atoms with van der Waals surface area (Å²) in [4.78, 5) is 2.74. The first-order valence-electron chi connectivity index (χ1n) is 8.44. The van der Waals surface area contributed by atoms with Crippen LogP contribution in [0.2, 0.25) is 0 Å². The summed E-state index contributed by atoms with van der Waals surface area (Å²) in [5.41, 5.74) is 1.39. The average Bonchev–Trinajstić information content (AvgIpc) is 3.40. The van der Waals surface area contributed by atoms with Crippen LogP contribution in [0.1, 0.15) is 31.2 Å². The van der Waals surface area contributed by atoms with Crippen LogP contribution in [0.25, 0.3) is 0 Å². The molecule has 1 heterocycles. The highest BCUT2D eigenvalue weighted by Crippen LogP contribution is 2.40. The van der Waals surface area contributed by atoms with Crippen LogP contribution in [0.15, 0.2) is 24.3 Å². The quantitative estimate of drug-likeness (QED) is 0.900. The molecular formula is C18H26N2O. The highest BCUT2D eigenvalue weighted by molar-refractivity contribution is 5.28. The first kappa shape index (κ1) is 13.6. The molecule has 0 spiro atoms. The summed E-state index contributed by atoms with van der Waals surface area (Å²) in [6, 6.07) is 10.0. The highest BCUT2D eigenvalue weighted by Gasteiger charge is 2.42. The van der Waals surface area contributed by atoms with E-state index in [1.54, 1.807) is 7.11 Å². The SMILES string of the molecule is COc1cccc(CN2CC(C3CC3)NCC2C2CC2)c1. The lowest BCUT2D eigenvalue weighted by molar-refractivity contribution is 0.100. The zero-order chi connectivity index (χ0) is 14.2. The molecule has 0 radical (unpaired) electrons. The molecule has 3 heteroatoms. The molecule has 2 atom stereocenters. The lowest BCUT2D eigenvalue weighted by Gasteiger charge is -2.41. The molecule has 3 nitrogen and oxygen atoms in total. The molecule has 3 aliphatic rings. The average molecular weight is 286 g/mol. The van der Waals surface area contributed by atoms with E-state index in [2.05, 4.69) is 28.4 Å². The fraction of sp³-hybridized carbons (Fsp3) is 0.667. The predicted octanol–water partition coefficient (Wildman–Crippen LogP) is 2.66. The van der Waals surface area contributed by atoms with Gasteiger partial charge in [-0.2, -0.15) is 0 Å². The number of hydrogen-bond donors (Lipinski definition) is 1. The Balaban J connectivity index is 1.48. The Kier molecular flexibility index (Phi) is 3.64. The molecule has 0 amide bonds. The van der Waals surface area contributed by atoms with Gasteiger partial charge in [0.2, 0.25) is 0 Å². The summed E-state index contributed by atoms with van der Waals surface area (Å²) in [6.45, 7) is 3.49. The van der Waals surface area contributed by atoms with Crippen molar-refractivity contribution in [2.75, 3.05) is 20.2 Å².